The maximum Gasteiger partial charge on any atom is 0.317 e. The van der Waals surface area contributed by atoms with E-state index >= 15 is 0 Å². The summed E-state index contributed by atoms with van der Waals surface area (Å²) in [5, 5.41) is 5.94. The van der Waals surface area contributed by atoms with Crippen LogP contribution in [0.5, 0.6) is 11.5 Å². The van der Waals surface area contributed by atoms with Gasteiger partial charge in [0.2, 0.25) is 5.91 Å². The van der Waals surface area contributed by atoms with Crippen LogP contribution in [0.2, 0.25) is 0 Å². The predicted octanol–water partition coefficient (Wildman–Crippen LogP) is 4.17. The molecule has 2 N–H and O–H groups in total. The van der Waals surface area contributed by atoms with Crippen molar-refractivity contribution in [1.29, 1.82) is 0 Å². The molecule has 7 heteroatoms. The van der Waals surface area contributed by atoms with Crippen LogP contribution < -0.4 is 20.1 Å². The summed E-state index contributed by atoms with van der Waals surface area (Å²) in [5.74, 6) is 0.805. The summed E-state index contributed by atoms with van der Waals surface area (Å²) in [5.41, 5.74) is 2.91. The van der Waals surface area contributed by atoms with Gasteiger partial charge in [-0.05, 0) is 32.8 Å². The van der Waals surface area contributed by atoms with Crippen molar-refractivity contribution in [1.82, 2.24) is 10.2 Å². The lowest BCUT2D eigenvalue weighted by Crippen LogP contribution is -2.51. The maximum atomic E-state index is 13.2. The summed E-state index contributed by atoms with van der Waals surface area (Å²) in [7, 11) is 3.14. The van der Waals surface area contributed by atoms with E-state index in [2.05, 4.69) is 35.8 Å². The van der Waals surface area contributed by atoms with Gasteiger partial charge in [-0.25, -0.2) is 4.79 Å². The lowest BCUT2D eigenvalue weighted by molar-refractivity contribution is -0.121. The van der Waals surface area contributed by atoms with Gasteiger partial charge in [0.25, 0.3) is 0 Å². The molecule has 172 valence electrons. The Morgan fingerprint density at radius 2 is 1.72 bits per heavy atom. The lowest BCUT2D eigenvalue weighted by atomic mass is 9.83. The second kappa shape index (κ2) is 10.4. The van der Waals surface area contributed by atoms with E-state index < -0.39 is 0 Å². The van der Waals surface area contributed by atoms with Gasteiger partial charge < -0.3 is 25.0 Å². The minimum absolute atomic E-state index is 0.0263. The first-order valence-corrected chi connectivity index (χ1v) is 10.9. The molecule has 0 aromatic heterocycles. The van der Waals surface area contributed by atoms with E-state index in [9.17, 15) is 9.59 Å². The normalized spacial score (nSPS) is 18.2. The molecule has 1 aliphatic rings. The van der Waals surface area contributed by atoms with E-state index in [1.807, 2.05) is 19.9 Å². The smallest absolute Gasteiger partial charge is 0.317 e. The van der Waals surface area contributed by atoms with Crippen LogP contribution in [-0.2, 0) is 4.79 Å². The van der Waals surface area contributed by atoms with E-state index in [1.54, 1.807) is 37.3 Å². The zero-order valence-corrected chi connectivity index (χ0v) is 19.5. The van der Waals surface area contributed by atoms with Gasteiger partial charge in [0, 0.05) is 48.9 Å². The zero-order chi connectivity index (χ0) is 23.3. The minimum Gasteiger partial charge on any atom is -0.497 e. The molecule has 0 spiro atoms. The summed E-state index contributed by atoms with van der Waals surface area (Å²) in [6.45, 7) is 6.86. The monoisotopic (exact) mass is 439 g/mol. The van der Waals surface area contributed by atoms with Crippen LogP contribution >= 0.6 is 0 Å². The minimum atomic E-state index is -0.343. The maximum absolute atomic E-state index is 13.2. The number of likely N-dealkylation sites (tertiary alicyclic amines) is 1. The fourth-order valence-electron chi connectivity index (χ4n) is 4.08. The summed E-state index contributed by atoms with van der Waals surface area (Å²) in [4.78, 5) is 27.8. The molecule has 2 unspecified atom stereocenters. The van der Waals surface area contributed by atoms with Crippen LogP contribution in [0.25, 0.3) is 0 Å². The number of nitrogens with zero attached hydrogens (tertiary/aromatic N) is 1. The SMILES string of the molecule is COc1cc(NC(=O)C2CC(c3cccc(C)c3)CN(C(=O)NC(C)C)C2)cc(OC)c1. The van der Waals surface area contributed by atoms with Crippen molar-refractivity contribution in [2.45, 2.75) is 39.2 Å². The highest BCUT2D eigenvalue weighted by molar-refractivity contribution is 5.93. The van der Waals surface area contributed by atoms with Gasteiger partial charge in [-0.2, -0.15) is 0 Å². The van der Waals surface area contributed by atoms with Gasteiger partial charge in [-0.1, -0.05) is 29.8 Å². The van der Waals surface area contributed by atoms with Crippen molar-refractivity contribution in [3.63, 3.8) is 0 Å². The third kappa shape index (κ3) is 5.93. The fourth-order valence-corrected chi connectivity index (χ4v) is 4.08. The molecule has 2 atom stereocenters. The molecule has 3 amide bonds. The van der Waals surface area contributed by atoms with Gasteiger partial charge >= 0.3 is 6.03 Å². The fraction of sp³-hybridized carbons (Fsp3) is 0.440. The highest BCUT2D eigenvalue weighted by Crippen LogP contribution is 2.32. The third-order valence-corrected chi connectivity index (χ3v) is 5.65. The number of aryl methyl sites for hydroxylation is 1. The Kier molecular flexibility index (Phi) is 7.62. The number of carbonyl (C=O) groups excluding carboxylic acids is 2. The van der Waals surface area contributed by atoms with Gasteiger partial charge in [0.1, 0.15) is 11.5 Å². The molecule has 3 rings (SSSR count). The first-order chi connectivity index (χ1) is 15.3. The van der Waals surface area contributed by atoms with E-state index in [-0.39, 0.29) is 29.8 Å². The van der Waals surface area contributed by atoms with E-state index in [0.717, 1.165) is 11.1 Å². The van der Waals surface area contributed by atoms with Crippen molar-refractivity contribution >= 4 is 17.6 Å². The molecule has 0 saturated carbocycles. The van der Waals surface area contributed by atoms with Crippen molar-refractivity contribution < 1.29 is 19.1 Å². The zero-order valence-electron chi connectivity index (χ0n) is 19.5. The number of urea groups is 1. The van der Waals surface area contributed by atoms with Crippen molar-refractivity contribution in [3.05, 3.63) is 53.6 Å². The molecule has 7 nitrogen and oxygen atoms in total. The number of hydrogen-bond donors (Lipinski definition) is 2. The summed E-state index contributed by atoms with van der Waals surface area (Å²) < 4.78 is 10.6. The number of methoxy groups -OCH3 is 2. The number of nitrogens with one attached hydrogen (secondary N) is 2. The highest BCUT2D eigenvalue weighted by Gasteiger charge is 2.35. The molecule has 0 radical (unpaired) electrons. The van der Waals surface area contributed by atoms with Gasteiger partial charge in [0.05, 0.1) is 20.1 Å². The van der Waals surface area contributed by atoms with Gasteiger partial charge in [-0.3, -0.25) is 4.79 Å². The number of rotatable bonds is 6. The first kappa shape index (κ1) is 23.4. The van der Waals surface area contributed by atoms with Crippen LogP contribution in [-0.4, -0.2) is 50.2 Å². The molecule has 1 heterocycles. The van der Waals surface area contributed by atoms with Crippen molar-refractivity contribution in [3.8, 4) is 11.5 Å². The molecule has 0 bridgehead atoms. The Balaban J connectivity index is 1.83. The Labute approximate surface area is 190 Å². The number of amides is 3. The number of hydrogen-bond acceptors (Lipinski definition) is 4. The molecular weight excluding hydrogens is 406 g/mol. The van der Waals surface area contributed by atoms with Gasteiger partial charge in [0.15, 0.2) is 0 Å². The van der Waals surface area contributed by atoms with Crippen LogP contribution in [0.4, 0.5) is 10.5 Å². The van der Waals surface area contributed by atoms with Crippen molar-refractivity contribution in [2.24, 2.45) is 5.92 Å². The van der Waals surface area contributed by atoms with E-state index in [1.165, 1.54) is 0 Å². The Morgan fingerprint density at radius 1 is 1.03 bits per heavy atom. The lowest BCUT2D eigenvalue weighted by Gasteiger charge is -2.38. The van der Waals surface area contributed by atoms with Gasteiger partial charge in [-0.15, -0.1) is 0 Å². The highest BCUT2D eigenvalue weighted by atomic mass is 16.5. The van der Waals surface area contributed by atoms with Crippen LogP contribution in [0.1, 0.15) is 37.3 Å². The Bertz CT molecular complexity index is 938. The summed E-state index contributed by atoms with van der Waals surface area (Å²) >= 11 is 0. The molecule has 0 aliphatic carbocycles. The molecule has 32 heavy (non-hydrogen) atoms. The molecule has 2 aromatic rings. The van der Waals surface area contributed by atoms with Crippen LogP contribution in [0.15, 0.2) is 42.5 Å². The third-order valence-electron chi connectivity index (χ3n) is 5.65. The quantitative estimate of drug-likeness (QED) is 0.708. The molecule has 1 fully saturated rings. The average molecular weight is 440 g/mol. The van der Waals surface area contributed by atoms with E-state index in [0.29, 0.717) is 36.7 Å². The van der Waals surface area contributed by atoms with Crippen LogP contribution in [0, 0.1) is 12.8 Å². The molecule has 1 saturated heterocycles. The largest absolute Gasteiger partial charge is 0.497 e. The molecule has 2 aromatic carbocycles. The second-order valence-electron chi connectivity index (χ2n) is 8.64. The summed E-state index contributed by atoms with van der Waals surface area (Å²) in [6, 6.07) is 13.4. The van der Waals surface area contributed by atoms with E-state index in [4.69, 9.17) is 9.47 Å². The summed E-state index contributed by atoms with van der Waals surface area (Å²) in [6.07, 6.45) is 0.669. The standard InChI is InChI=1S/C25H33N3O4/c1-16(2)26-25(30)28-14-19(18-8-6-7-17(3)9-18)10-20(15-28)24(29)27-21-11-22(31-4)13-23(12-21)32-5/h6-9,11-13,16,19-20H,10,14-15H2,1-5H3,(H,26,30)(H,27,29). The Morgan fingerprint density at radius 3 is 2.31 bits per heavy atom. The number of benzene rings is 2. The second-order valence-corrected chi connectivity index (χ2v) is 8.64. The Hall–Kier alpha value is -3.22. The molecule has 1 aliphatic heterocycles. The predicted molar refractivity (Wildman–Crippen MR) is 125 cm³/mol. The topological polar surface area (TPSA) is 79.9 Å². The number of anilines is 1. The molecular formula is C25H33N3O4. The first-order valence-electron chi connectivity index (χ1n) is 10.9. The number of ether oxygens (including phenoxy) is 2. The van der Waals surface area contributed by atoms with Crippen molar-refractivity contribution in [2.75, 3.05) is 32.6 Å². The number of piperidine rings is 1. The average Bonchev–Trinajstić information content (AvgIpc) is 2.78. The number of carbonyl (C=O) groups is 2. The van der Waals surface area contributed by atoms with Crippen LogP contribution in [0.3, 0.4) is 0 Å².